The largest absolute Gasteiger partial charge is 0.376 e. The van der Waals surface area contributed by atoms with E-state index in [0.29, 0.717) is 29.5 Å². The van der Waals surface area contributed by atoms with Crippen molar-refractivity contribution in [3.63, 3.8) is 0 Å². The molecule has 1 saturated carbocycles. The number of benzene rings is 2. The number of carbonyl (C=O) groups excluding carboxylic acids is 1. The summed E-state index contributed by atoms with van der Waals surface area (Å²) in [5.41, 5.74) is 1.62. The molecule has 0 spiro atoms. The molecule has 1 heterocycles. The van der Waals surface area contributed by atoms with Crippen molar-refractivity contribution in [1.29, 1.82) is 5.26 Å². The van der Waals surface area contributed by atoms with Crippen molar-refractivity contribution in [2.24, 2.45) is 17.8 Å². The number of rotatable bonds is 6. The summed E-state index contributed by atoms with van der Waals surface area (Å²) in [6.07, 6.45) is 5.93. The van der Waals surface area contributed by atoms with Gasteiger partial charge in [-0.25, -0.2) is 0 Å². The zero-order valence-corrected chi connectivity index (χ0v) is 18.7. The van der Waals surface area contributed by atoms with Gasteiger partial charge in [-0.15, -0.1) is 0 Å². The van der Waals surface area contributed by atoms with Crippen LogP contribution < -0.4 is 5.32 Å². The molecule has 2 aromatic rings. The van der Waals surface area contributed by atoms with Gasteiger partial charge in [0.1, 0.15) is 0 Å². The second-order valence-corrected chi connectivity index (χ2v) is 10.0. The van der Waals surface area contributed by atoms with E-state index in [9.17, 15) is 10.1 Å². The Morgan fingerprint density at radius 1 is 1.17 bits per heavy atom. The van der Waals surface area contributed by atoms with Gasteiger partial charge in [-0.2, -0.15) is 5.26 Å². The van der Waals surface area contributed by atoms with Crippen molar-refractivity contribution in [3.05, 3.63) is 58.6 Å². The summed E-state index contributed by atoms with van der Waals surface area (Å²) in [5, 5.41) is 16.8. The molecule has 2 aliphatic rings. The maximum atomic E-state index is 12.9. The predicted octanol–water partition coefficient (Wildman–Crippen LogP) is 6.32. The topological polar surface area (TPSA) is 52.9 Å². The van der Waals surface area contributed by atoms with Gasteiger partial charge in [-0.3, -0.25) is 4.79 Å². The van der Waals surface area contributed by atoms with Gasteiger partial charge in [0.15, 0.2) is 5.78 Å². The van der Waals surface area contributed by atoms with Crippen LogP contribution in [0.4, 0.5) is 0 Å². The van der Waals surface area contributed by atoms with Crippen LogP contribution in [0.15, 0.2) is 53.1 Å². The lowest BCUT2D eigenvalue weighted by molar-refractivity contribution is 0.102. The molecule has 3 atom stereocenters. The summed E-state index contributed by atoms with van der Waals surface area (Å²) in [5.74, 6) is 1.90. The number of ketones is 1. The second-order valence-electron chi connectivity index (χ2n) is 9.06. The monoisotopic (exact) mass is 418 g/mol. The molecule has 0 amide bonds. The highest BCUT2D eigenvalue weighted by atomic mass is 32.2. The van der Waals surface area contributed by atoms with Gasteiger partial charge < -0.3 is 5.32 Å². The molecular formula is C26H30N2OS. The maximum Gasteiger partial charge on any atom is 0.173 e. The Morgan fingerprint density at radius 3 is 2.70 bits per heavy atom. The van der Waals surface area contributed by atoms with Gasteiger partial charge in [0, 0.05) is 17.5 Å². The van der Waals surface area contributed by atoms with Gasteiger partial charge in [0.25, 0.3) is 0 Å². The molecule has 4 heteroatoms. The van der Waals surface area contributed by atoms with Crippen LogP contribution >= 0.6 is 11.8 Å². The van der Waals surface area contributed by atoms with Crippen molar-refractivity contribution in [2.45, 2.75) is 52.0 Å². The normalized spacial score (nSPS) is 23.7. The van der Waals surface area contributed by atoms with Gasteiger partial charge >= 0.3 is 0 Å². The highest BCUT2D eigenvalue weighted by Gasteiger charge is 2.39. The minimum atomic E-state index is 0.114. The van der Waals surface area contributed by atoms with Crippen LogP contribution in [-0.2, 0) is 0 Å². The molecular weight excluding hydrogens is 388 g/mol. The first kappa shape index (κ1) is 21.0. The number of hydrogen-bond acceptors (Lipinski definition) is 4. The summed E-state index contributed by atoms with van der Waals surface area (Å²) in [4.78, 5) is 12.9. The van der Waals surface area contributed by atoms with Crippen molar-refractivity contribution in [1.82, 2.24) is 5.32 Å². The number of carbonyl (C=O) groups is 1. The lowest BCUT2D eigenvalue weighted by Gasteiger charge is -2.43. The summed E-state index contributed by atoms with van der Waals surface area (Å²) in [7, 11) is 0. The SMILES string of the molecule is CC(C)C[C@@H]1C(C#N)=C(SCC(=O)c2ccc3ccccc3c2)N[C@H]2CCCC[C@@H]21. The van der Waals surface area contributed by atoms with Gasteiger partial charge in [-0.05, 0) is 47.9 Å². The third kappa shape index (κ3) is 4.42. The van der Waals surface area contributed by atoms with Crippen LogP contribution in [0, 0.1) is 29.1 Å². The Morgan fingerprint density at radius 2 is 1.93 bits per heavy atom. The van der Waals surface area contributed by atoms with Crippen LogP contribution in [-0.4, -0.2) is 17.6 Å². The lowest BCUT2D eigenvalue weighted by atomic mass is 9.69. The van der Waals surface area contributed by atoms with Crippen molar-refractivity contribution in [3.8, 4) is 6.07 Å². The third-order valence-corrected chi connectivity index (χ3v) is 7.57. The van der Waals surface area contributed by atoms with Gasteiger partial charge in [0.2, 0.25) is 0 Å². The first-order valence-electron chi connectivity index (χ1n) is 11.1. The van der Waals surface area contributed by atoms with Gasteiger partial charge in [0.05, 0.1) is 22.4 Å². The molecule has 1 aliphatic heterocycles. The van der Waals surface area contributed by atoms with Crippen molar-refractivity contribution in [2.75, 3.05) is 5.75 Å². The zero-order valence-electron chi connectivity index (χ0n) is 17.9. The Balaban J connectivity index is 1.54. The maximum absolute atomic E-state index is 12.9. The van der Waals surface area contributed by atoms with Gasteiger partial charge in [-0.1, -0.05) is 74.8 Å². The number of hydrogen-bond donors (Lipinski definition) is 1. The minimum absolute atomic E-state index is 0.114. The summed E-state index contributed by atoms with van der Waals surface area (Å²) < 4.78 is 0. The van der Waals surface area contributed by atoms with E-state index in [-0.39, 0.29) is 5.78 Å². The number of thioether (sulfide) groups is 1. The van der Waals surface area contributed by atoms with E-state index < -0.39 is 0 Å². The fourth-order valence-corrected chi connectivity index (χ4v) is 6.12. The van der Waals surface area contributed by atoms with Crippen LogP contribution in [0.5, 0.6) is 0 Å². The quantitative estimate of drug-likeness (QED) is 0.558. The number of nitrogens with one attached hydrogen (secondary N) is 1. The number of Topliss-reactive ketones (excluding diaryl/α,β-unsaturated/α-hetero) is 1. The van der Waals surface area contributed by atoms with E-state index in [4.69, 9.17) is 0 Å². The second kappa shape index (κ2) is 9.27. The highest BCUT2D eigenvalue weighted by Crippen LogP contribution is 2.43. The molecule has 3 nitrogen and oxygen atoms in total. The van der Waals surface area contributed by atoms with Crippen molar-refractivity contribution >= 4 is 28.3 Å². The molecule has 1 aliphatic carbocycles. The molecule has 0 aromatic heterocycles. The molecule has 4 rings (SSSR count). The smallest absolute Gasteiger partial charge is 0.173 e. The standard InChI is InChI=1S/C26H30N2OS/c1-17(2)13-22-21-9-5-6-10-24(21)28-26(23(22)15-27)30-16-25(29)20-12-11-18-7-3-4-8-19(18)14-20/h3-4,7-8,11-12,14,17,21-22,24,28H,5-6,9-10,13,16H2,1-2H3/t21-,22+,24+/m1/s1. The molecule has 0 saturated heterocycles. The first-order chi connectivity index (χ1) is 14.6. The van der Waals surface area contributed by atoms with E-state index in [1.807, 2.05) is 36.4 Å². The van der Waals surface area contributed by atoms with Crippen molar-refractivity contribution < 1.29 is 4.79 Å². The lowest BCUT2D eigenvalue weighted by Crippen LogP contribution is -2.46. The Bertz CT molecular complexity index is 1000. The minimum Gasteiger partial charge on any atom is -0.376 e. The average Bonchev–Trinajstić information content (AvgIpc) is 2.76. The first-order valence-corrected chi connectivity index (χ1v) is 12.1. The van der Waals surface area contributed by atoms with E-state index >= 15 is 0 Å². The van der Waals surface area contributed by atoms with E-state index in [1.54, 1.807) is 0 Å². The molecule has 1 fully saturated rings. The molecule has 30 heavy (non-hydrogen) atoms. The molecule has 0 radical (unpaired) electrons. The Kier molecular flexibility index (Phi) is 6.49. The summed E-state index contributed by atoms with van der Waals surface area (Å²) >= 11 is 1.52. The molecule has 2 aromatic carbocycles. The molecule has 0 bridgehead atoms. The number of nitriles is 1. The molecule has 1 N–H and O–H groups in total. The highest BCUT2D eigenvalue weighted by molar-refractivity contribution is 8.03. The third-order valence-electron chi connectivity index (χ3n) is 6.53. The fraction of sp³-hybridized carbons (Fsp3) is 0.462. The van der Waals surface area contributed by atoms with Crippen LogP contribution in [0.2, 0.25) is 0 Å². The Hall–Kier alpha value is -2.25. The number of fused-ring (bicyclic) bond motifs is 2. The van der Waals surface area contributed by atoms with E-state index in [2.05, 4.69) is 31.3 Å². The fourth-order valence-electron chi connectivity index (χ4n) is 5.09. The number of nitrogens with zero attached hydrogens (tertiary/aromatic N) is 1. The van der Waals surface area contributed by atoms with E-state index in [0.717, 1.165) is 33.4 Å². The van der Waals surface area contributed by atoms with Crippen LogP contribution in [0.3, 0.4) is 0 Å². The molecule has 156 valence electrons. The zero-order chi connectivity index (χ0) is 21.1. The van der Waals surface area contributed by atoms with Crippen LogP contribution in [0.1, 0.15) is 56.3 Å². The van der Waals surface area contributed by atoms with E-state index in [1.165, 1.54) is 37.4 Å². The number of allylic oxidation sites excluding steroid dienone is 1. The molecule has 0 unspecified atom stereocenters. The average molecular weight is 419 g/mol. The Labute approximate surface area is 183 Å². The van der Waals surface area contributed by atoms with Crippen LogP contribution in [0.25, 0.3) is 10.8 Å². The summed E-state index contributed by atoms with van der Waals surface area (Å²) in [6, 6.07) is 17.0. The predicted molar refractivity (Wildman–Crippen MR) is 125 cm³/mol. The summed E-state index contributed by atoms with van der Waals surface area (Å²) in [6.45, 7) is 4.48.